The van der Waals surface area contributed by atoms with Gasteiger partial charge in [0.05, 0.1) is 0 Å². The highest BCUT2D eigenvalue weighted by Gasteiger charge is 2.16. The van der Waals surface area contributed by atoms with Crippen LogP contribution in [0.5, 0.6) is 0 Å². The summed E-state index contributed by atoms with van der Waals surface area (Å²) in [5.41, 5.74) is 2.99. The second kappa shape index (κ2) is 3.81. The van der Waals surface area contributed by atoms with Crippen molar-refractivity contribution in [3.63, 3.8) is 0 Å². The van der Waals surface area contributed by atoms with Crippen molar-refractivity contribution in [3.05, 3.63) is 33.8 Å². The number of halogens is 1. The molecule has 1 aromatic carbocycles. The molecule has 0 saturated heterocycles. The van der Waals surface area contributed by atoms with Gasteiger partial charge in [-0.05, 0) is 36.1 Å². The second-order valence-corrected chi connectivity index (χ2v) is 4.52. The van der Waals surface area contributed by atoms with Gasteiger partial charge in [0.2, 0.25) is 0 Å². The van der Waals surface area contributed by atoms with Crippen molar-refractivity contribution in [1.82, 2.24) is 5.32 Å². The fourth-order valence-electron chi connectivity index (χ4n) is 2.00. The molecule has 13 heavy (non-hydrogen) atoms. The minimum atomic E-state index is 0.619. The van der Waals surface area contributed by atoms with E-state index in [-0.39, 0.29) is 0 Å². The lowest BCUT2D eigenvalue weighted by atomic mass is 9.96. The Hall–Kier alpha value is -0.340. The fourth-order valence-corrected chi connectivity index (χ4v) is 2.79. The van der Waals surface area contributed by atoms with Crippen molar-refractivity contribution in [2.75, 3.05) is 13.1 Å². The Labute approximate surface area is 87.7 Å². The Bertz CT molecular complexity index is 309. The molecule has 1 aromatic rings. The minimum Gasteiger partial charge on any atom is -0.316 e. The molecule has 1 N–H and O–H groups in total. The van der Waals surface area contributed by atoms with Gasteiger partial charge >= 0.3 is 0 Å². The van der Waals surface area contributed by atoms with E-state index in [0.29, 0.717) is 5.92 Å². The Morgan fingerprint density at radius 2 is 2.31 bits per heavy atom. The lowest BCUT2D eigenvalue weighted by Crippen LogP contribution is -2.18. The summed E-state index contributed by atoms with van der Waals surface area (Å²) < 4.78 is 1.27. The highest BCUT2D eigenvalue weighted by Crippen LogP contribution is 2.29. The average molecular weight is 240 g/mol. The number of hydrogen-bond acceptors (Lipinski definition) is 1. The molecule has 2 rings (SSSR count). The van der Waals surface area contributed by atoms with Gasteiger partial charge in [0.1, 0.15) is 0 Å². The maximum absolute atomic E-state index is 3.63. The van der Waals surface area contributed by atoms with Gasteiger partial charge in [0, 0.05) is 11.0 Å². The van der Waals surface area contributed by atoms with E-state index in [0.717, 1.165) is 19.5 Å². The van der Waals surface area contributed by atoms with E-state index < -0.39 is 0 Å². The predicted octanol–water partition coefficient (Wildman–Crippen LogP) is 2.70. The van der Waals surface area contributed by atoms with Crippen LogP contribution in [-0.2, 0) is 6.42 Å². The highest BCUT2D eigenvalue weighted by molar-refractivity contribution is 9.10. The fraction of sp³-hybridized carbons (Fsp3) is 0.455. The Morgan fingerprint density at radius 1 is 1.46 bits per heavy atom. The number of rotatable bonds is 0. The van der Waals surface area contributed by atoms with Crippen LogP contribution in [0, 0.1) is 0 Å². The molecule has 0 amide bonds. The van der Waals surface area contributed by atoms with Crippen LogP contribution in [0.25, 0.3) is 0 Å². The molecule has 1 atom stereocenters. The molecular formula is C11H14BrN. The molecule has 0 radical (unpaired) electrons. The van der Waals surface area contributed by atoms with E-state index in [1.54, 1.807) is 0 Å². The Morgan fingerprint density at radius 3 is 3.15 bits per heavy atom. The molecular weight excluding hydrogens is 226 g/mol. The summed E-state index contributed by atoms with van der Waals surface area (Å²) in [6.07, 6.45) is 1.15. The van der Waals surface area contributed by atoms with Gasteiger partial charge in [-0.15, -0.1) is 0 Å². The number of benzene rings is 1. The largest absolute Gasteiger partial charge is 0.316 e. The van der Waals surface area contributed by atoms with Crippen LogP contribution in [0.2, 0.25) is 0 Å². The molecule has 1 nitrogen and oxygen atoms in total. The Balaban J connectivity index is 2.48. The van der Waals surface area contributed by atoms with Gasteiger partial charge < -0.3 is 5.32 Å². The third-order valence-electron chi connectivity index (χ3n) is 2.66. The molecule has 0 spiro atoms. The average Bonchev–Trinajstić information content (AvgIpc) is 2.29. The monoisotopic (exact) mass is 239 g/mol. The molecule has 0 fully saturated rings. The zero-order valence-corrected chi connectivity index (χ0v) is 9.39. The summed E-state index contributed by atoms with van der Waals surface area (Å²) in [4.78, 5) is 0. The zero-order chi connectivity index (χ0) is 9.26. The van der Waals surface area contributed by atoms with Crippen LogP contribution >= 0.6 is 15.9 Å². The normalized spacial score (nSPS) is 22.2. The molecule has 0 bridgehead atoms. The van der Waals surface area contributed by atoms with Crippen molar-refractivity contribution in [2.45, 2.75) is 19.3 Å². The van der Waals surface area contributed by atoms with Crippen molar-refractivity contribution < 1.29 is 0 Å². The topological polar surface area (TPSA) is 12.0 Å². The van der Waals surface area contributed by atoms with E-state index in [1.807, 2.05) is 0 Å². The summed E-state index contributed by atoms with van der Waals surface area (Å²) in [5, 5.41) is 3.45. The van der Waals surface area contributed by atoms with Gasteiger partial charge in [-0.1, -0.05) is 35.0 Å². The van der Waals surface area contributed by atoms with Crippen LogP contribution in [0.4, 0.5) is 0 Å². The molecule has 1 aliphatic rings. The second-order valence-electron chi connectivity index (χ2n) is 3.67. The molecule has 1 unspecified atom stereocenters. The third-order valence-corrected chi connectivity index (χ3v) is 3.35. The minimum absolute atomic E-state index is 0.619. The molecule has 1 heterocycles. The first-order valence-electron chi connectivity index (χ1n) is 4.77. The van der Waals surface area contributed by atoms with Gasteiger partial charge in [0.25, 0.3) is 0 Å². The molecule has 0 aliphatic carbocycles. The van der Waals surface area contributed by atoms with Gasteiger partial charge in [-0.3, -0.25) is 0 Å². The summed E-state index contributed by atoms with van der Waals surface area (Å²) >= 11 is 3.63. The predicted molar refractivity (Wildman–Crippen MR) is 59.1 cm³/mol. The van der Waals surface area contributed by atoms with Crippen LogP contribution in [0.1, 0.15) is 24.0 Å². The Kier molecular flexibility index (Phi) is 2.70. The van der Waals surface area contributed by atoms with Crippen LogP contribution in [0.15, 0.2) is 22.7 Å². The van der Waals surface area contributed by atoms with Crippen LogP contribution in [-0.4, -0.2) is 13.1 Å². The number of fused-ring (bicyclic) bond motifs is 1. The van der Waals surface area contributed by atoms with Crippen LogP contribution < -0.4 is 5.32 Å². The smallest absolute Gasteiger partial charge is 0.0213 e. The molecule has 0 aromatic heterocycles. The SMILES string of the molecule is CC1CNCCc2cccc(Br)c21. The van der Waals surface area contributed by atoms with Gasteiger partial charge in [0.15, 0.2) is 0 Å². The van der Waals surface area contributed by atoms with E-state index >= 15 is 0 Å². The van der Waals surface area contributed by atoms with E-state index in [4.69, 9.17) is 0 Å². The third kappa shape index (κ3) is 1.79. The molecule has 70 valence electrons. The maximum atomic E-state index is 3.63. The van der Waals surface area contributed by atoms with Gasteiger partial charge in [-0.2, -0.15) is 0 Å². The van der Waals surface area contributed by atoms with E-state index in [9.17, 15) is 0 Å². The summed E-state index contributed by atoms with van der Waals surface area (Å²) in [5.74, 6) is 0.619. The van der Waals surface area contributed by atoms with Crippen LogP contribution in [0.3, 0.4) is 0 Å². The first-order valence-corrected chi connectivity index (χ1v) is 5.56. The van der Waals surface area contributed by atoms with E-state index in [2.05, 4.69) is 46.4 Å². The maximum Gasteiger partial charge on any atom is 0.0213 e. The number of nitrogens with one attached hydrogen (secondary N) is 1. The van der Waals surface area contributed by atoms with Crippen molar-refractivity contribution in [1.29, 1.82) is 0 Å². The first kappa shape index (κ1) is 9.22. The van der Waals surface area contributed by atoms with E-state index in [1.165, 1.54) is 15.6 Å². The zero-order valence-electron chi connectivity index (χ0n) is 7.81. The number of hydrogen-bond donors (Lipinski definition) is 1. The lowest BCUT2D eigenvalue weighted by Gasteiger charge is -2.13. The standard InChI is InChI=1S/C11H14BrN/c1-8-7-13-6-5-9-3-2-4-10(12)11(8)9/h2-4,8,13H,5-7H2,1H3. The lowest BCUT2D eigenvalue weighted by molar-refractivity contribution is 0.643. The van der Waals surface area contributed by atoms with Crippen molar-refractivity contribution >= 4 is 15.9 Å². The first-order chi connectivity index (χ1) is 6.29. The summed E-state index contributed by atoms with van der Waals surface area (Å²) in [7, 11) is 0. The molecule has 2 heteroatoms. The summed E-state index contributed by atoms with van der Waals surface area (Å²) in [6, 6.07) is 6.51. The summed E-state index contributed by atoms with van der Waals surface area (Å²) in [6.45, 7) is 4.48. The molecule has 0 saturated carbocycles. The van der Waals surface area contributed by atoms with Crippen molar-refractivity contribution in [3.8, 4) is 0 Å². The van der Waals surface area contributed by atoms with Gasteiger partial charge in [-0.25, -0.2) is 0 Å². The molecule has 1 aliphatic heterocycles. The quantitative estimate of drug-likeness (QED) is 0.735. The highest BCUT2D eigenvalue weighted by atomic mass is 79.9. The van der Waals surface area contributed by atoms with Crippen molar-refractivity contribution in [2.24, 2.45) is 0 Å².